The average Bonchev–Trinajstić information content (AvgIpc) is 2.59. The van der Waals surface area contributed by atoms with E-state index in [0.29, 0.717) is 0 Å². The fourth-order valence-electron chi connectivity index (χ4n) is 1.87. The van der Waals surface area contributed by atoms with Gasteiger partial charge in [-0.25, -0.2) is 14.4 Å². The van der Waals surface area contributed by atoms with Crippen molar-refractivity contribution in [1.82, 2.24) is 19.9 Å². The molecule has 0 radical (unpaired) electrons. The van der Waals surface area contributed by atoms with E-state index >= 15 is 0 Å². The van der Waals surface area contributed by atoms with Gasteiger partial charge in [-0.3, -0.25) is 0 Å². The number of benzene rings is 1. The summed E-state index contributed by atoms with van der Waals surface area (Å²) in [6, 6.07) is 5.11. The molecule has 0 aliphatic rings. The molecular formula is C15H11FN4O4. The molecule has 0 saturated heterocycles. The first-order chi connectivity index (χ1) is 11.6. The fourth-order valence-corrected chi connectivity index (χ4v) is 1.87. The third-order valence-corrected chi connectivity index (χ3v) is 2.93. The SMILES string of the molecule is COc1cc(F)ccc1Oc1c(O)nc(-c2ncccn2)nc1O. The van der Waals surface area contributed by atoms with Crippen molar-refractivity contribution in [3.05, 3.63) is 42.5 Å². The second-order valence-corrected chi connectivity index (χ2v) is 4.49. The van der Waals surface area contributed by atoms with Crippen molar-refractivity contribution in [3.8, 4) is 40.7 Å². The maximum Gasteiger partial charge on any atom is 0.263 e. The van der Waals surface area contributed by atoms with Crippen LogP contribution in [-0.4, -0.2) is 37.3 Å². The minimum absolute atomic E-state index is 0.0665. The summed E-state index contributed by atoms with van der Waals surface area (Å²) in [5, 5.41) is 20.0. The van der Waals surface area contributed by atoms with Crippen LogP contribution in [0, 0.1) is 5.82 Å². The molecule has 8 nitrogen and oxygen atoms in total. The van der Waals surface area contributed by atoms with Gasteiger partial charge in [-0.05, 0) is 18.2 Å². The van der Waals surface area contributed by atoms with Gasteiger partial charge in [0.15, 0.2) is 17.3 Å². The van der Waals surface area contributed by atoms with Gasteiger partial charge in [-0.1, -0.05) is 0 Å². The Morgan fingerprint density at radius 3 is 2.25 bits per heavy atom. The molecule has 0 spiro atoms. The highest BCUT2D eigenvalue weighted by Gasteiger charge is 2.19. The lowest BCUT2D eigenvalue weighted by molar-refractivity contribution is 0.336. The zero-order valence-corrected chi connectivity index (χ0v) is 12.3. The van der Waals surface area contributed by atoms with Crippen LogP contribution >= 0.6 is 0 Å². The third kappa shape index (κ3) is 3.00. The van der Waals surface area contributed by atoms with Gasteiger partial charge >= 0.3 is 0 Å². The van der Waals surface area contributed by atoms with Crippen molar-refractivity contribution in [3.63, 3.8) is 0 Å². The largest absolute Gasteiger partial charge is 0.493 e. The molecule has 0 aliphatic heterocycles. The zero-order chi connectivity index (χ0) is 17.1. The predicted molar refractivity (Wildman–Crippen MR) is 79.4 cm³/mol. The lowest BCUT2D eigenvalue weighted by atomic mass is 10.3. The Bertz CT molecular complexity index is 854. The topological polar surface area (TPSA) is 110 Å². The van der Waals surface area contributed by atoms with E-state index in [1.165, 1.54) is 25.6 Å². The molecule has 2 heterocycles. The van der Waals surface area contributed by atoms with Gasteiger partial charge in [0.2, 0.25) is 5.82 Å². The number of aromatic nitrogens is 4. The number of nitrogens with zero attached hydrogens (tertiary/aromatic N) is 4. The summed E-state index contributed by atoms with van der Waals surface area (Å²) in [4.78, 5) is 15.4. The Morgan fingerprint density at radius 2 is 1.62 bits per heavy atom. The molecule has 0 amide bonds. The van der Waals surface area contributed by atoms with Crippen molar-refractivity contribution in [2.24, 2.45) is 0 Å². The number of methoxy groups -OCH3 is 1. The smallest absolute Gasteiger partial charge is 0.263 e. The monoisotopic (exact) mass is 330 g/mol. The van der Waals surface area contributed by atoms with Gasteiger partial charge < -0.3 is 19.7 Å². The Hall–Kier alpha value is -3.49. The van der Waals surface area contributed by atoms with Crippen LogP contribution < -0.4 is 9.47 Å². The van der Waals surface area contributed by atoms with E-state index < -0.39 is 23.3 Å². The lowest BCUT2D eigenvalue weighted by Crippen LogP contribution is -1.98. The summed E-state index contributed by atoms with van der Waals surface area (Å²) >= 11 is 0. The lowest BCUT2D eigenvalue weighted by Gasteiger charge is -2.12. The van der Waals surface area contributed by atoms with E-state index in [4.69, 9.17) is 9.47 Å². The Morgan fingerprint density at radius 1 is 0.958 bits per heavy atom. The molecule has 0 atom stereocenters. The quantitative estimate of drug-likeness (QED) is 0.749. The molecule has 9 heteroatoms. The summed E-state index contributed by atoms with van der Waals surface area (Å²) in [7, 11) is 1.33. The van der Waals surface area contributed by atoms with Gasteiger partial charge in [-0.2, -0.15) is 9.97 Å². The van der Waals surface area contributed by atoms with Crippen molar-refractivity contribution in [2.45, 2.75) is 0 Å². The molecule has 0 saturated carbocycles. The minimum atomic E-state index is -0.628. The van der Waals surface area contributed by atoms with E-state index in [1.807, 2.05) is 0 Å². The van der Waals surface area contributed by atoms with E-state index in [2.05, 4.69) is 19.9 Å². The first-order valence-corrected chi connectivity index (χ1v) is 6.67. The van der Waals surface area contributed by atoms with E-state index in [-0.39, 0.29) is 23.1 Å². The van der Waals surface area contributed by atoms with Crippen molar-refractivity contribution < 1.29 is 24.1 Å². The van der Waals surface area contributed by atoms with Crippen LogP contribution in [0.15, 0.2) is 36.7 Å². The van der Waals surface area contributed by atoms with E-state index in [0.717, 1.165) is 12.1 Å². The van der Waals surface area contributed by atoms with Gasteiger partial charge in [-0.15, -0.1) is 0 Å². The van der Waals surface area contributed by atoms with Crippen LogP contribution in [0.3, 0.4) is 0 Å². The minimum Gasteiger partial charge on any atom is -0.493 e. The Kier molecular flexibility index (Phi) is 4.06. The molecule has 122 valence electrons. The number of hydrogen-bond donors (Lipinski definition) is 2. The van der Waals surface area contributed by atoms with Crippen molar-refractivity contribution >= 4 is 0 Å². The molecule has 3 rings (SSSR count). The van der Waals surface area contributed by atoms with Crippen LogP contribution in [0.1, 0.15) is 0 Å². The Balaban J connectivity index is 1.98. The molecule has 24 heavy (non-hydrogen) atoms. The van der Waals surface area contributed by atoms with E-state index in [1.54, 1.807) is 6.07 Å². The van der Waals surface area contributed by atoms with Crippen LogP contribution in [0.2, 0.25) is 0 Å². The molecular weight excluding hydrogens is 319 g/mol. The number of hydrogen-bond acceptors (Lipinski definition) is 8. The van der Waals surface area contributed by atoms with Gasteiger partial charge in [0.25, 0.3) is 17.5 Å². The van der Waals surface area contributed by atoms with Crippen LogP contribution in [0.4, 0.5) is 4.39 Å². The van der Waals surface area contributed by atoms with Crippen molar-refractivity contribution in [2.75, 3.05) is 7.11 Å². The maximum absolute atomic E-state index is 13.2. The second kappa shape index (κ2) is 6.32. The number of rotatable bonds is 4. The summed E-state index contributed by atoms with van der Waals surface area (Å²) in [5.74, 6) is -2.01. The molecule has 2 aromatic heterocycles. The first kappa shape index (κ1) is 15.4. The van der Waals surface area contributed by atoms with Crippen LogP contribution in [0.25, 0.3) is 11.6 Å². The molecule has 1 aromatic carbocycles. The zero-order valence-electron chi connectivity index (χ0n) is 12.3. The average molecular weight is 330 g/mol. The van der Waals surface area contributed by atoms with Crippen LogP contribution in [0.5, 0.6) is 29.0 Å². The number of aromatic hydroxyl groups is 2. The standard InChI is InChI=1S/C15H11FN4O4/c1-23-10-7-8(16)3-4-9(10)24-11-14(21)19-13(20-15(11)22)12-17-5-2-6-18-12/h2-7H,1H3,(H2,19,20,21,22). The molecule has 0 aliphatic carbocycles. The first-order valence-electron chi connectivity index (χ1n) is 6.67. The van der Waals surface area contributed by atoms with Gasteiger partial charge in [0, 0.05) is 18.5 Å². The van der Waals surface area contributed by atoms with Gasteiger partial charge in [0.05, 0.1) is 7.11 Å². The van der Waals surface area contributed by atoms with Crippen molar-refractivity contribution in [1.29, 1.82) is 0 Å². The highest BCUT2D eigenvalue weighted by molar-refractivity contribution is 5.53. The molecule has 0 fully saturated rings. The second-order valence-electron chi connectivity index (χ2n) is 4.49. The Labute approximate surface area is 135 Å². The summed E-state index contributed by atoms with van der Waals surface area (Å²) in [6.07, 6.45) is 2.93. The van der Waals surface area contributed by atoms with E-state index in [9.17, 15) is 14.6 Å². The molecule has 0 bridgehead atoms. The summed E-state index contributed by atoms with van der Waals surface area (Å²) in [5.41, 5.74) is 0. The molecule has 0 unspecified atom stereocenters. The summed E-state index contributed by atoms with van der Waals surface area (Å²) < 4.78 is 23.5. The number of halogens is 1. The highest BCUT2D eigenvalue weighted by Crippen LogP contribution is 2.40. The normalized spacial score (nSPS) is 10.4. The van der Waals surface area contributed by atoms with Crippen LogP contribution in [-0.2, 0) is 0 Å². The predicted octanol–water partition coefficient (Wildman–Crippen LogP) is 2.28. The maximum atomic E-state index is 13.2. The third-order valence-electron chi connectivity index (χ3n) is 2.93. The molecule has 2 N–H and O–H groups in total. The molecule has 3 aromatic rings. The highest BCUT2D eigenvalue weighted by atomic mass is 19.1. The fraction of sp³-hybridized carbons (Fsp3) is 0.0667. The van der Waals surface area contributed by atoms with Gasteiger partial charge in [0.1, 0.15) is 5.82 Å². The summed E-state index contributed by atoms with van der Waals surface area (Å²) in [6.45, 7) is 0. The number of ether oxygens (including phenoxy) is 2.